The lowest BCUT2D eigenvalue weighted by molar-refractivity contribution is 0.238. The molecule has 0 radical (unpaired) electrons. The van der Waals surface area contributed by atoms with E-state index in [0.29, 0.717) is 17.9 Å². The first-order valence-electron chi connectivity index (χ1n) is 7.43. The van der Waals surface area contributed by atoms with E-state index in [0.717, 1.165) is 16.6 Å². The molecule has 0 spiro atoms. The SMILES string of the molecule is CN(C)c1cccc2onc(NC(=O)N(S)Cc3ccccc3)c12. The van der Waals surface area contributed by atoms with Crippen LogP contribution in [0.1, 0.15) is 5.56 Å². The van der Waals surface area contributed by atoms with Crippen LogP contribution in [0.25, 0.3) is 11.0 Å². The molecule has 1 aromatic heterocycles. The fraction of sp³-hybridized carbons (Fsp3) is 0.176. The first-order chi connectivity index (χ1) is 11.6. The fourth-order valence-corrected chi connectivity index (χ4v) is 2.64. The van der Waals surface area contributed by atoms with Crippen molar-refractivity contribution < 1.29 is 9.32 Å². The van der Waals surface area contributed by atoms with Gasteiger partial charge in [-0.25, -0.2) is 4.79 Å². The number of hydrogen-bond donors (Lipinski definition) is 2. The number of rotatable bonds is 4. The van der Waals surface area contributed by atoms with Gasteiger partial charge >= 0.3 is 6.03 Å². The molecule has 24 heavy (non-hydrogen) atoms. The number of benzene rings is 2. The highest BCUT2D eigenvalue weighted by Crippen LogP contribution is 2.32. The standard InChI is InChI=1S/C17H18N4O2S/c1-20(2)13-9-6-10-14-15(13)16(19-23-14)18-17(22)21(24)11-12-7-4-3-5-8-12/h3-10,24H,11H2,1-2H3,(H,18,19,22). The number of aromatic nitrogens is 1. The summed E-state index contributed by atoms with van der Waals surface area (Å²) in [5.74, 6) is 0.381. The van der Waals surface area contributed by atoms with Gasteiger partial charge in [0.1, 0.15) is 0 Å². The van der Waals surface area contributed by atoms with Crippen LogP contribution < -0.4 is 10.2 Å². The van der Waals surface area contributed by atoms with Gasteiger partial charge in [0, 0.05) is 14.1 Å². The van der Waals surface area contributed by atoms with Crippen LogP contribution in [-0.2, 0) is 6.54 Å². The number of fused-ring (bicyclic) bond motifs is 1. The van der Waals surface area contributed by atoms with Gasteiger partial charge in [-0.3, -0.25) is 9.62 Å². The van der Waals surface area contributed by atoms with Gasteiger partial charge in [-0.1, -0.05) is 54.4 Å². The van der Waals surface area contributed by atoms with Crippen molar-refractivity contribution in [3.05, 3.63) is 54.1 Å². The smallest absolute Gasteiger partial charge is 0.333 e. The highest BCUT2D eigenvalue weighted by Gasteiger charge is 2.18. The molecule has 6 nitrogen and oxygen atoms in total. The Morgan fingerprint density at radius 2 is 1.92 bits per heavy atom. The topological polar surface area (TPSA) is 61.6 Å². The summed E-state index contributed by atoms with van der Waals surface area (Å²) in [5, 5.41) is 7.49. The molecule has 2 aromatic carbocycles. The van der Waals surface area contributed by atoms with E-state index in [1.807, 2.05) is 67.5 Å². The number of urea groups is 1. The number of carbonyl (C=O) groups excluding carboxylic acids is 1. The summed E-state index contributed by atoms with van der Waals surface area (Å²) in [5.41, 5.74) is 2.52. The molecule has 0 aliphatic carbocycles. The van der Waals surface area contributed by atoms with Crippen molar-refractivity contribution in [2.75, 3.05) is 24.3 Å². The van der Waals surface area contributed by atoms with Crippen molar-refractivity contribution in [3.8, 4) is 0 Å². The van der Waals surface area contributed by atoms with E-state index in [4.69, 9.17) is 4.52 Å². The summed E-state index contributed by atoms with van der Waals surface area (Å²) >= 11 is 4.26. The van der Waals surface area contributed by atoms with E-state index in [1.165, 1.54) is 4.31 Å². The molecule has 1 heterocycles. The summed E-state index contributed by atoms with van der Waals surface area (Å²) in [6, 6.07) is 14.9. The first-order valence-corrected chi connectivity index (χ1v) is 7.83. The predicted octanol–water partition coefficient (Wildman–Crippen LogP) is 3.77. The lowest BCUT2D eigenvalue weighted by Crippen LogP contribution is -2.27. The number of hydrogen-bond acceptors (Lipinski definition) is 5. The molecule has 0 saturated carbocycles. The van der Waals surface area contributed by atoms with Crippen molar-refractivity contribution in [1.82, 2.24) is 9.46 Å². The summed E-state index contributed by atoms with van der Waals surface area (Å²) in [4.78, 5) is 14.3. The minimum atomic E-state index is -0.369. The van der Waals surface area contributed by atoms with E-state index in [9.17, 15) is 4.79 Å². The van der Waals surface area contributed by atoms with Gasteiger partial charge in [-0.15, -0.1) is 0 Å². The van der Waals surface area contributed by atoms with E-state index >= 15 is 0 Å². The van der Waals surface area contributed by atoms with Crippen molar-refractivity contribution >= 4 is 41.3 Å². The van der Waals surface area contributed by atoms with Crippen LogP contribution in [0.4, 0.5) is 16.3 Å². The van der Waals surface area contributed by atoms with Gasteiger partial charge in [-0.2, -0.15) is 0 Å². The van der Waals surface area contributed by atoms with Gasteiger partial charge in [-0.05, 0) is 17.7 Å². The average Bonchev–Trinajstić information content (AvgIpc) is 2.98. The molecule has 0 fully saturated rings. The van der Waals surface area contributed by atoms with E-state index in [1.54, 1.807) is 0 Å². The molecule has 3 rings (SSSR count). The molecule has 0 saturated heterocycles. The summed E-state index contributed by atoms with van der Waals surface area (Å²) in [7, 11) is 3.85. The van der Waals surface area contributed by atoms with Crippen LogP contribution in [0.2, 0.25) is 0 Å². The maximum atomic E-state index is 12.4. The Morgan fingerprint density at radius 3 is 2.62 bits per heavy atom. The molecule has 7 heteroatoms. The zero-order chi connectivity index (χ0) is 17.1. The third-order valence-corrected chi connectivity index (χ3v) is 3.92. The first kappa shape index (κ1) is 16.2. The second kappa shape index (κ2) is 6.84. The Balaban J connectivity index is 1.80. The minimum Gasteiger partial charge on any atom is -0.377 e. The molecule has 124 valence electrons. The number of amides is 2. The third-order valence-electron chi connectivity index (χ3n) is 3.59. The molecular formula is C17H18N4O2S. The van der Waals surface area contributed by atoms with Gasteiger partial charge < -0.3 is 9.42 Å². The molecule has 2 amide bonds. The monoisotopic (exact) mass is 342 g/mol. The van der Waals surface area contributed by atoms with Crippen LogP contribution in [-0.4, -0.2) is 29.6 Å². The van der Waals surface area contributed by atoms with E-state index < -0.39 is 0 Å². The predicted molar refractivity (Wildman–Crippen MR) is 98.3 cm³/mol. The summed E-state index contributed by atoms with van der Waals surface area (Å²) in [6.07, 6.45) is 0. The average molecular weight is 342 g/mol. The van der Waals surface area contributed by atoms with E-state index in [-0.39, 0.29) is 6.03 Å². The van der Waals surface area contributed by atoms with Gasteiger partial charge in [0.15, 0.2) is 11.4 Å². The number of nitrogens with one attached hydrogen (secondary N) is 1. The number of nitrogens with zero attached hydrogens (tertiary/aromatic N) is 3. The van der Waals surface area contributed by atoms with Crippen LogP contribution in [0.15, 0.2) is 53.1 Å². The van der Waals surface area contributed by atoms with Crippen LogP contribution >= 0.6 is 12.8 Å². The van der Waals surface area contributed by atoms with Crippen molar-refractivity contribution in [1.29, 1.82) is 0 Å². The summed E-state index contributed by atoms with van der Waals surface area (Å²) < 4.78 is 6.60. The van der Waals surface area contributed by atoms with Crippen molar-refractivity contribution in [2.24, 2.45) is 0 Å². The molecule has 0 bridgehead atoms. The normalized spacial score (nSPS) is 10.6. The van der Waals surface area contributed by atoms with Crippen LogP contribution in [0.3, 0.4) is 0 Å². The Kier molecular flexibility index (Phi) is 4.61. The highest BCUT2D eigenvalue weighted by molar-refractivity contribution is 7.78. The quantitative estimate of drug-likeness (QED) is 0.709. The maximum absolute atomic E-state index is 12.4. The van der Waals surface area contributed by atoms with Crippen LogP contribution in [0, 0.1) is 0 Å². The Bertz CT molecular complexity index is 848. The van der Waals surface area contributed by atoms with Gasteiger partial charge in [0.25, 0.3) is 0 Å². The number of carbonyl (C=O) groups is 1. The third kappa shape index (κ3) is 3.30. The lowest BCUT2D eigenvalue weighted by Gasteiger charge is -2.17. The Morgan fingerprint density at radius 1 is 1.17 bits per heavy atom. The Labute approximate surface area is 145 Å². The molecule has 0 aliphatic rings. The molecule has 3 aromatic rings. The number of anilines is 2. The molecule has 1 N–H and O–H groups in total. The Hall–Kier alpha value is -2.67. The largest absolute Gasteiger partial charge is 0.377 e. The lowest BCUT2D eigenvalue weighted by atomic mass is 10.2. The van der Waals surface area contributed by atoms with Gasteiger partial charge in [0.05, 0.1) is 17.6 Å². The second-order valence-corrected chi connectivity index (χ2v) is 6.03. The van der Waals surface area contributed by atoms with Crippen molar-refractivity contribution in [3.63, 3.8) is 0 Å². The fourth-order valence-electron chi connectivity index (χ4n) is 2.43. The molecule has 0 atom stereocenters. The zero-order valence-electron chi connectivity index (χ0n) is 13.4. The molecule has 0 aliphatic heterocycles. The molecular weight excluding hydrogens is 324 g/mol. The number of thiol groups is 1. The summed E-state index contributed by atoms with van der Waals surface area (Å²) in [6.45, 7) is 0.381. The highest BCUT2D eigenvalue weighted by atomic mass is 32.1. The van der Waals surface area contributed by atoms with Gasteiger partial charge in [0.2, 0.25) is 0 Å². The van der Waals surface area contributed by atoms with E-state index in [2.05, 4.69) is 23.3 Å². The minimum absolute atomic E-state index is 0.369. The maximum Gasteiger partial charge on any atom is 0.333 e. The second-order valence-electron chi connectivity index (χ2n) is 5.55. The van der Waals surface area contributed by atoms with Crippen molar-refractivity contribution in [2.45, 2.75) is 6.54 Å². The molecule has 0 unspecified atom stereocenters. The van der Waals surface area contributed by atoms with Crippen LogP contribution in [0.5, 0.6) is 0 Å². The zero-order valence-corrected chi connectivity index (χ0v) is 14.3.